The molecule has 2 amide bonds. The molecule has 2 aromatic rings. The summed E-state index contributed by atoms with van der Waals surface area (Å²) in [7, 11) is 0. The van der Waals surface area contributed by atoms with Crippen molar-refractivity contribution in [1.29, 1.82) is 0 Å². The third-order valence-corrected chi connectivity index (χ3v) is 4.35. The normalized spacial score (nSPS) is 10.2. The zero-order valence-electron chi connectivity index (χ0n) is 18.5. The fraction of sp³-hybridized carbons (Fsp3) is 0.375. The molecular weight excluding hydrogens is 412 g/mol. The number of hydrogen-bond donors (Lipinski definition) is 2. The van der Waals surface area contributed by atoms with E-state index >= 15 is 0 Å². The third kappa shape index (κ3) is 8.29. The highest BCUT2D eigenvalue weighted by Crippen LogP contribution is 2.18. The molecule has 0 saturated carbocycles. The molecule has 0 radical (unpaired) electrons. The molecule has 0 fully saturated rings. The number of rotatable bonds is 12. The van der Waals surface area contributed by atoms with Crippen molar-refractivity contribution in [1.82, 2.24) is 10.9 Å². The van der Waals surface area contributed by atoms with E-state index in [1.54, 1.807) is 48.5 Å². The van der Waals surface area contributed by atoms with Gasteiger partial charge in [0.1, 0.15) is 11.5 Å². The number of nitrogens with one attached hydrogen (secondary N) is 2. The number of amides is 2. The summed E-state index contributed by atoms with van der Waals surface area (Å²) in [5.41, 5.74) is 5.41. The van der Waals surface area contributed by atoms with Gasteiger partial charge in [-0.05, 0) is 49.2 Å². The van der Waals surface area contributed by atoms with Crippen LogP contribution in [0.1, 0.15) is 60.2 Å². The van der Waals surface area contributed by atoms with Gasteiger partial charge < -0.3 is 14.2 Å². The first kappa shape index (κ1) is 24.7. The van der Waals surface area contributed by atoms with Crippen LogP contribution in [0.25, 0.3) is 0 Å². The number of hydrazine groups is 1. The fourth-order valence-corrected chi connectivity index (χ4v) is 2.66. The largest absolute Gasteiger partial charge is 0.493 e. The highest BCUT2D eigenvalue weighted by atomic mass is 16.5. The van der Waals surface area contributed by atoms with Crippen LogP contribution in [0.3, 0.4) is 0 Å². The maximum absolute atomic E-state index is 12.4. The van der Waals surface area contributed by atoms with Gasteiger partial charge in [0.25, 0.3) is 11.8 Å². The van der Waals surface area contributed by atoms with Crippen molar-refractivity contribution in [2.24, 2.45) is 0 Å². The third-order valence-electron chi connectivity index (χ3n) is 4.35. The van der Waals surface area contributed by atoms with E-state index in [2.05, 4.69) is 17.8 Å². The van der Waals surface area contributed by atoms with Crippen LogP contribution in [0.4, 0.5) is 0 Å². The van der Waals surface area contributed by atoms with E-state index < -0.39 is 17.8 Å². The summed E-state index contributed by atoms with van der Waals surface area (Å²) in [5, 5.41) is 0. The molecule has 0 spiro atoms. The second kappa shape index (κ2) is 13.7. The molecule has 0 aliphatic rings. The van der Waals surface area contributed by atoms with Crippen LogP contribution >= 0.6 is 0 Å². The summed E-state index contributed by atoms with van der Waals surface area (Å²) < 4.78 is 16.1. The Bertz CT molecular complexity index is 882. The molecule has 0 heterocycles. The molecule has 0 aliphatic carbocycles. The average molecular weight is 443 g/mol. The summed E-state index contributed by atoms with van der Waals surface area (Å²) >= 11 is 0. The summed E-state index contributed by atoms with van der Waals surface area (Å²) in [4.78, 5) is 36.2. The topological polar surface area (TPSA) is 103 Å². The lowest BCUT2D eigenvalue weighted by molar-refractivity contribution is -0.123. The highest BCUT2D eigenvalue weighted by Gasteiger charge is 2.13. The maximum atomic E-state index is 12.4. The molecule has 0 aliphatic heterocycles. The van der Waals surface area contributed by atoms with Crippen molar-refractivity contribution < 1.29 is 28.6 Å². The molecule has 0 saturated heterocycles. The summed E-state index contributed by atoms with van der Waals surface area (Å²) in [6.45, 7) is 4.59. The minimum absolute atomic E-state index is 0.310. The highest BCUT2D eigenvalue weighted by molar-refractivity contribution is 5.97. The van der Waals surface area contributed by atoms with Gasteiger partial charge in [0, 0.05) is 0 Å². The lowest BCUT2D eigenvalue weighted by atomic mass is 10.2. The Kier molecular flexibility index (Phi) is 10.6. The lowest BCUT2D eigenvalue weighted by Crippen LogP contribution is -2.43. The van der Waals surface area contributed by atoms with Gasteiger partial charge in [-0.1, -0.05) is 38.8 Å². The molecule has 0 bridgehead atoms. The zero-order chi connectivity index (χ0) is 23.2. The number of para-hydroxylation sites is 1. The quantitative estimate of drug-likeness (QED) is 0.295. The molecule has 2 aromatic carbocycles. The molecular formula is C24H30N2O6. The van der Waals surface area contributed by atoms with E-state index in [0.29, 0.717) is 35.8 Å². The van der Waals surface area contributed by atoms with Gasteiger partial charge in [0.15, 0.2) is 6.61 Å². The smallest absolute Gasteiger partial charge is 0.338 e. The van der Waals surface area contributed by atoms with E-state index in [1.807, 2.05) is 6.92 Å². The standard InChI is InChI=1S/C24H30N2O6/c1-3-5-8-16-30-21-10-7-6-9-20(21)23(28)26-25-22(27)17-32-19-13-11-18(12-14-19)24(29)31-15-4-2/h6-7,9-14H,3-5,8,15-17H2,1-2H3,(H,25,27)(H,26,28). The number of carbonyl (C=O) groups is 3. The van der Waals surface area contributed by atoms with Crippen LogP contribution < -0.4 is 20.3 Å². The van der Waals surface area contributed by atoms with Crippen molar-refractivity contribution in [2.45, 2.75) is 39.5 Å². The Morgan fingerprint density at radius 3 is 2.28 bits per heavy atom. The molecule has 172 valence electrons. The second-order valence-electron chi connectivity index (χ2n) is 7.00. The Balaban J connectivity index is 1.78. The monoisotopic (exact) mass is 442 g/mol. The molecule has 8 heteroatoms. The van der Waals surface area contributed by atoms with Crippen LogP contribution in [0.2, 0.25) is 0 Å². The van der Waals surface area contributed by atoms with Gasteiger partial charge >= 0.3 is 5.97 Å². The Morgan fingerprint density at radius 2 is 1.56 bits per heavy atom. The van der Waals surface area contributed by atoms with E-state index in [9.17, 15) is 14.4 Å². The number of benzene rings is 2. The maximum Gasteiger partial charge on any atom is 0.338 e. The average Bonchev–Trinajstić information content (AvgIpc) is 2.83. The van der Waals surface area contributed by atoms with Gasteiger partial charge in [0.2, 0.25) is 0 Å². The summed E-state index contributed by atoms with van der Waals surface area (Å²) in [6, 6.07) is 13.1. The van der Waals surface area contributed by atoms with Gasteiger partial charge in [0.05, 0.1) is 24.3 Å². The van der Waals surface area contributed by atoms with Crippen LogP contribution in [-0.2, 0) is 9.53 Å². The Hall–Kier alpha value is -3.55. The Labute approximate surface area is 188 Å². The van der Waals surface area contributed by atoms with Crippen molar-refractivity contribution in [3.63, 3.8) is 0 Å². The zero-order valence-corrected chi connectivity index (χ0v) is 18.5. The van der Waals surface area contributed by atoms with Crippen molar-refractivity contribution in [3.8, 4) is 11.5 Å². The minimum Gasteiger partial charge on any atom is -0.493 e. The summed E-state index contributed by atoms with van der Waals surface area (Å²) in [6.07, 6.45) is 3.78. The predicted molar refractivity (Wildman–Crippen MR) is 120 cm³/mol. The van der Waals surface area contributed by atoms with Gasteiger partial charge in [-0.2, -0.15) is 0 Å². The first-order valence-corrected chi connectivity index (χ1v) is 10.8. The van der Waals surface area contributed by atoms with E-state index in [1.165, 1.54) is 0 Å². The predicted octanol–water partition coefficient (Wildman–Crippen LogP) is 3.66. The van der Waals surface area contributed by atoms with E-state index in [-0.39, 0.29) is 6.61 Å². The molecule has 2 N–H and O–H groups in total. The number of carbonyl (C=O) groups excluding carboxylic acids is 3. The van der Waals surface area contributed by atoms with Crippen LogP contribution in [0.5, 0.6) is 11.5 Å². The molecule has 2 rings (SSSR count). The van der Waals surface area contributed by atoms with Crippen LogP contribution in [-0.4, -0.2) is 37.6 Å². The first-order valence-electron chi connectivity index (χ1n) is 10.8. The van der Waals surface area contributed by atoms with Gasteiger partial charge in [-0.15, -0.1) is 0 Å². The fourth-order valence-electron chi connectivity index (χ4n) is 2.66. The van der Waals surface area contributed by atoms with Gasteiger partial charge in [-0.3, -0.25) is 20.4 Å². The van der Waals surface area contributed by atoms with Crippen molar-refractivity contribution in [3.05, 3.63) is 59.7 Å². The number of unbranched alkanes of at least 4 members (excludes halogenated alkanes) is 2. The molecule has 0 aromatic heterocycles. The van der Waals surface area contributed by atoms with Crippen molar-refractivity contribution >= 4 is 17.8 Å². The van der Waals surface area contributed by atoms with Gasteiger partial charge in [-0.25, -0.2) is 4.79 Å². The van der Waals surface area contributed by atoms with E-state index in [0.717, 1.165) is 25.7 Å². The molecule has 0 atom stereocenters. The number of ether oxygens (including phenoxy) is 3. The number of hydrogen-bond acceptors (Lipinski definition) is 6. The Morgan fingerprint density at radius 1 is 0.812 bits per heavy atom. The SMILES string of the molecule is CCCCCOc1ccccc1C(=O)NNC(=O)COc1ccc(C(=O)OCCC)cc1. The second-order valence-corrected chi connectivity index (χ2v) is 7.00. The summed E-state index contributed by atoms with van der Waals surface area (Å²) in [5.74, 6) is -0.563. The molecule has 32 heavy (non-hydrogen) atoms. The van der Waals surface area contributed by atoms with Crippen LogP contribution in [0, 0.1) is 0 Å². The molecule has 8 nitrogen and oxygen atoms in total. The number of esters is 1. The molecule has 0 unspecified atom stereocenters. The van der Waals surface area contributed by atoms with Crippen molar-refractivity contribution in [2.75, 3.05) is 19.8 Å². The first-order chi connectivity index (χ1) is 15.5. The lowest BCUT2D eigenvalue weighted by Gasteiger charge is -2.12. The van der Waals surface area contributed by atoms with Crippen LogP contribution in [0.15, 0.2) is 48.5 Å². The minimum atomic E-state index is -0.536. The van der Waals surface area contributed by atoms with E-state index in [4.69, 9.17) is 14.2 Å².